The number of carbonyl (C=O) groups excluding carboxylic acids is 1. The van der Waals surface area contributed by atoms with Crippen LogP contribution in [0.5, 0.6) is 0 Å². The van der Waals surface area contributed by atoms with E-state index in [0.29, 0.717) is 19.6 Å². The van der Waals surface area contributed by atoms with Crippen molar-refractivity contribution in [2.45, 2.75) is 32.1 Å². The number of thioether (sulfide) groups is 1. The third kappa shape index (κ3) is 11.6. The van der Waals surface area contributed by atoms with Gasteiger partial charge < -0.3 is 16.0 Å². The summed E-state index contributed by atoms with van der Waals surface area (Å²) >= 11 is 1.70. The van der Waals surface area contributed by atoms with E-state index < -0.39 is 0 Å². The van der Waals surface area contributed by atoms with E-state index in [1.54, 1.807) is 23.9 Å². The third-order valence-electron chi connectivity index (χ3n) is 3.24. The summed E-state index contributed by atoms with van der Waals surface area (Å²) in [5.74, 6) is 1.54. The van der Waals surface area contributed by atoms with Gasteiger partial charge in [-0.1, -0.05) is 13.8 Å². The minimum absolute atomic E-state index is 0. The highest BCUT2D eigenvalue weighted by atomic mass is 127. The Kier molecular flexibility index (Phi) is 14.5. The second-order valence-corrected chi connectivity index (χ2v) is 6.96. The fourth-order valence-electron chi connectivity index (χ4n) is 1.89. The van der Waals surface area contributed by atoms with E-state index in [0.717, 1.165) is 29.6 Å². The first-order chi connectivity index (χ1) is 12.0. The molecule has 0 spiro atoms. The van der Waals surface area contributed by atoms with Gasteiger partial charge in [0.1, 0.15) is 5.82 Å². The van der Waals surface area contributed by atoms with Crippen LogP contribution in [0.15, 0.2) is 34.2 Å². The number of rotatable bonds is 10. The SMILES string of the molecule is CCNC(=NCCCSc1ccc(F)cc1)NCCNC(=O)C(C)C.I. The van der Waals surface area contributed by atoms with Gasteiger partial charge in [0.05, 0.1) is 0 Å². The molecule has 0 aliphatic heterocycles. The van der Waals surface area contributed by atoms with Gasteiger partial charge in [0.15, 0.2) is 5.96 Å². The Labute approximate surface area is 177 Å². The Morgan fingerprint density at radius 3 is 2.42 bits per heavy atom. The zero-order valence-corrected chi connectivity index (χ0v) is 18.8. The normalized spacial score (nSPS) is 11.0. The van der Waals surface area contributed by atoms with Crippen molar-refractivity contribution in [2.75, 3.05) is 31.9 Å². The van der Waals surface area contributed by atoms with Crippen molar-refractivity contribution in [3.8, 4) is 0 Å². The monoisotopic (exact) mass is 496 g/mol. The average Bonchev–Trinajstić information content (AvgIpc) is 2.59. The molecule has 0 aliphatic rings. The number of benzene rings is 1. The van der Waals surface area contributed by atoms with Crippen molar-refractivity contribution in [2.24, 2.45) is 10.9 Å². The lowest BCUT2D eigenvalue weighted by molar-refractivity contribution is -0.123. The highest BCUT2D eigenvalue weighted by Gasteiger charge is 2.05. The number of hydrogen-bond donors (Lipinski definition) is 3. The Bertz CT molecular complexity index is 540. The summed E-state index contributed by atoms with van der Waals surface area (Å²) in [6, 6.07) is 6.54. The highest BCUT2D eigenvalue weighted by Crippen LogP contribution is 2.18. The van der Waals surface area contributed by atoms with Crippen LogP contribution in [0.3, 0.4) is 0 Å². The molecule has 1 aromatic carbocycles. The average molecular weight is 496 g/mol. The number of amides is 1. The Hall–Kier alpha value is -1.03. The van der Waals surface area contributed by atoms with E-state index in [-0.39, 0.29) is 41.6 Å². The van der Waals surface area contributed by atoms with Crippen molar-refractivity contribution in [1.82, 2.24) is 16.0 Å². The topological polar surface area (TPSA) is 65.5 Å². The largest absolute Gasteiger partial charge is 0.357 e. The van der Waals surface area contributed by atoms with Crippen molar-refractivity contribution in [3.63, 3.8) is 0 Å². The molecule has 8 heteroatoms. The molecule has 0 atom stereocenters. The molecule has 1 rings (SSSR count). The second-order valence-electron chi connectivity index (χ2n) is 5.79. The van der Waals surface area contributed by atoms with Crippen LogP contribution < -0.4 is 16.0 Å². The first kappa shape index (κ1) is 25.0. The Balaban J connectivity index is 0.00000625. The van der Waals surface area contributed by atoms with Crippen LogP contribution >= 0.6 is 35.7 Å². The molecular formula is C18H30FIN4OS. The minimum atomic E-state index is -0.208. The fraction of sp³-hybridized carbons (Fsp3) is 0.556. The lowest BCUT2D eigenvalue weighted by Crippen LogP contribution is -2.42. The zero-order valence-electron chi connectivity index (χ0n) is 15.7. The maximum atomic E-state index is 12.8. The number of nitrogens with zero attached hydrogens (tertiary/aromatic N) is 1. The molecule has 1 aromatic rings. The molecule has 0 heterocycles. The molecule has 1 amide bonds. The number of hydrogen-bond acceptors (Lipinski definition) is 3. The molecule has 0 saturated heterocycles. The van der Waals surface area contributed by atoms with Crippen LogP contribution in [0.2, 0.25) is 0 Å². The third-order valence-corrected chi connectivity index (χ3v) is 4.34. The smallest absolute Gasteiger partial charge is 0.222 e. The lowest BCUT2D eigenvalue weighted by atomic mass is 10.2. The summed E-state index contributed by atoms with van der Waals surface area (Å²) in [6.07, 6.45) is 0.933. The Morgan fingerprint density at radius 2 is 1.81 bits per heavy atom. The highest BCUT2D eigenvalue weighted by molar-refractivity contribution is 14.0. The van der Waals surface area contributed by atoms with E-state index >= 15 is 0 Å². The predicted molar refractivity (Wildman–Crippen MR) is 119 cm³/mol. The second kappa shape index (κ2) is 15.1. The number of nitrogens with one attached hydrogen (secondary N) is 3. The van der Waals surface area contributed by atoms with Gasteiger partial charge in [-0.15, -0.1) is 35.7 Å². The molecule has 0 aromatic heterocycles. The van der Waals surface area contributed by atoms with Crippen molar-refractivity contribution >= 4 is 47.6 Å². The number of carbonyl (C=O) groups is 1. The first-order valence-electron chi connectivity index (χ1n) is 8.71. The Morgan fingerprint density at radius 1 is 1.15 bits per heavy atom. The minimum Gasteiger partial charge on any atom is -0.357 e. The summed E-state index contributed by atoms with van der Waals surface area (Å²) in [5, 5.41) is 9.26. The summed E-state index contributed by atoms with van der Waals surface area (Å²) in [4.78, 5) is 17.1. The molecule has 148 valence electrons. The summed E-state index contributed by atoms with van der Waals surface area (Å²) < 4.78 is 12.8. The zero-order chi connectivity index (χ0) is 18.5. The lowest BCUT2D eigenvalue weighted by Gasteiger charge is -2.12. The number of halogens is 2. The van der Waals surface area contributed by atoms with E-state index in [2.05, 4.69) is 20.9 Å². The summed E-state index contributed by atoms with van der Waals surface area (Å²) in [5.41, 5.74) is 0. The summed E-state index contributed by atoms with van der Waals surface area (Å²) in [7, 11) is 0. The van der Waals surface area contributed by atoms with Crippen LogP contribution in [0.1, 0.15) is 27.2 Å². The van der Waals surface area contributed by atoms with Gasteiger partial charge >= 0.3 is 0 Å². The van der Waals surface area contributed by atoms with Gasteiger partial charge in [-0.25, -0.2) is 4.39 Å². The predicted octanol–water partition coefficient (Wildman–Crippen LogP) is 3.25. The van der Waals surface area contributed by atoms with Crippen LogP contribution in [0.4, 0.5) is 4.39 Å². The molecule has 3 N–H and O–H groups in total. The quantitative estimate of drug-likeness (QED) is 0.153. The molecule has 0 unspecified atom stereocenters. The van der Waals surface area contributed by atoms with E-state index in [4.69, 9.17) is 0 Å². The van der Waals surface area contributed by atoms with Crippen molar-refractivity contribution in [3.05, 3.63) is 30.1 Å². The van der Waals surface area contributed by atoms with Gasteiger partial charge in [-0.05, 0) is 43.4 Å². The fourth-order valence-corrected chi connectivity index (χ4v) is 2.73. The van der Waals surface area contributed by atoms with Gasteiger partial charge in [0.25, 0.3) is 0 Å². The van der Waals surface area contributed by atoms with Crippen molar-refractivity contribution < 1.29 is 9.18 Å². The van der Waals surface area contributed by atoms with Crippen LogP contribution in [-0.2, 0) is 4.79 Å². The standard InChI is InChI=1S/C18H29FN4OS.HI/c1-4-20-18(23-12-11-21-17(24)14(2)3)22-10-5-13-25-16-8-6-15(19)7-9-16;/h6-9,14H,4-5,10-13H2,1-3H3,(H,21,24)(H2,20,22,23);1H. The van der Waals surface area contributed by atoms with E-state index in [1.165, 1.54) is 12.1 Å². The van der Waals surface area contributed by atoms with Crippen LogP contribution in [-0.4, -0.2) is 43.8 Å². The van der Waals surface area contributed by atoms with E-state index in [1.807, 2.05) is 20.8 Å². The molecule has 0 bridgehead atoms. The van der Waals surface area contributed by atoms with Crippen molar-refractivity contribution in [1.29, 1.82) is 0 Å². The number of aliphatic imine (C=N–C) groups is 1. The van der Waals surface area contributed by atoms with Gasteiger partial charge in [0.2, 0.25) is 5.91 Å². The van der Waals surface area contributed by atoms with Gasteiger partial charge in [-0.3, -0.25) is 9.79 Å². The molecule has 0 aliphatic carbocycles. The molecule has 0 fully saturated rings. The molecular weight excluding hydrogens is 466 g/mol. The maximum absolute atomic E-state index is 12.8. The number of guanidine groups is 1. The summed E-state index contributed by atoms with van der Waals surface area (Å²) in [6.45, 7) is 8.46. The van der Waals surface area contributed by atoms with Crippen LogP contribution in [0.25, 0.3) is 0 Å². The first-order valence-corrected chi connectivity index (χ1v) is 9.69. The molecule has 0 radical (unpaired) electrons. The van der Waals surface area contributed by atoms with E-state index in [9.17, 15) is 9.18 Å². The molecule has 5 nitrogen and oxygen atoms in total. The van der Waals surface area contributed by atoms with Gasteiger partial charge in [-0.2, -0.15) is 0 Å². The molecule has 26 heavy (non-hydrogen) atoms. The van der Waals surface area contributed by atoms with Crippen LogP contribution in [0, 0.1) is 11.7 Å². The molecule has 0 saturated carbocycles. The maximum Gasteiger partial charge on any atom is 0.222 e. The van der Waals surface area contributed by atoms with Gasteiger partial charge in [0, 0.05) is 37.0 Å².